The van der Waals surface area contributed by atoms with Gasteiger partial charge < -0.3 is 4.74 Å². The van der Waals surface area contributed by atoms with Crippen LogP contribution in [0.3, 0.4) is 0 Å². The van der Waals surface area contributed by atoms with E-state index in [2.05, 4.69) is 19.1 Å². The minimum atomic E-state index is -0.479. The van der Waals surface area contributed by atoms with Gasteiger partial charge in [-0.2, -0.15) is 0 Å². The average molecular weight is 421 g/mol. The van der Waals surface area contributed by atoms with E-state index in [0.717, 1.165) is 45.0 Å². The molecule has 0 aliphatic heterocycles. The quantitative estimate of drug-likeness (QED) is 0.187. The molecule has 0 saturated heterocycles. The van der Waals surface area contributed by atoms with E-state index in [1.807, 2.05) is 54.6 Å². The van der Waals surface area contributed by atoms with E-state index in [9.17, 15) is 9.59 Å². The number of aryl methyl sites for hydroxylation is 1. The van der Waals surface area contributed by atoms with Crippen molar-refractivity contribution in [1.29, 1.82) is 0 Å². The molecule has 1 aliphatic rings. The zero-order valence-corrected chi connectivity index (χ0v) is 18.1. The number of fused-ring (bicyclic) bond motifs is 3. The van der Waals surface area contributed by atoms with Gasteiger partial charge in [0.1, 0.15) is 11.5 Å². The lowest BCUT2D eigenvalue weighted by molar-refractivity contribution is -0.110. The van der Waals surface area contributed by atoms with Crippen molar-refractivity contribution in [3.8, 4) is 11.5 Å². The largest absolute Gasteiger partial charge is 0.456 e. The van der Waals surface area contributed by atoms with Gasteiger partial charge in [-0.05, 0) is 71.1 Å². The van der Waals surface area contributed by atoms with Gasteiger partial charge >= 0.3 is 0 Å². The zero-order chi connectivity index (χ0) is 22.1. The van der Waals surface area contributed by atoms with E-state index in [1.54, 1.807) is 6.08 Å². The minimum absolute atomic E-state index is 0.447. The highest BCUT2D eigenvalue weighted by atomic mass is 16.5. The number of hydrogen-bond acceptors (Lipinski definition) is 3. The highest BCUT2D eigenvalue weighted by Gasteiger charge is 2.22. The minimum Gasteiger partial charge on any atom is -0.456 e. The number of hydrogen-bond donors (Lipinski definition) is 0. The molecule has 0 fully saturated rings. The Hall–Kier alpha value is -3.72. The second-order valence-electron chi connectivity index (χ2n) is 8.32. The Morgan fingerprint density at radius 3 is 2.41 bits per heavy atom. The number of ketones is 2. The standard InChI is InChI=1S/C29H24O3/c1-2-3-4-7-19-10-13-23(14-11-19)32-29-24-9-6-5-8-20(24)16-22-18-25-21(17-26(22)29)12-15-27(30)28(25)31/h5-6,8-18H,2-4,7H2,1H3. The van der Waals surface area contributed by atoms with Crippen molar-refractivity contribution in [2.45, 2.75) is 32.6 Å². The maximum Gasteiger partial charge on any atom is 0.233 e. The van der Waals surface area contributed by atoms with E-state index < -0.39 is 11.6 Å². The third-order valence-electron chi connectivity index (χ3n) is 6.08. The van der Waals surface area contributed by atoms with Crippen LogP contribution in [0.4, 0.5) is 0 Å². The number of ether oxygens (including phenoxy) is 1. The van der Waals surface area contributed by atoms with Crippen LogP contribution in [0.1, 0.15) is 47.7 Å². The summed E-state index contributed by atoms with van der Waals surface area (Å²) in [6.07, 6.45) is 7.79. The normalized spacial score (nSPS) is 13.0. The van der Waals surface area contributed by atoms with Crippen LogP contribution < -0.4 is 4.74 Å². The van der Waals surface area contributed by atoms with Crippen LogP contribution in [0.25, 0.3) is 27.6 Å². The van der Waals surface area contributed by atoms with Crippen LogP contribution in [0.15, 0.2) is 72.8 Å². The SMILES string of the molecule is CCCCCc1ccc(Oc2c3ccccc3cc3cc4c(cc23)C=CC(=O)C4=O)cc1. The zero-order valence-electron chi connectivity index (χ0n) is 18.1. The van der Waals surface area contributed by atoms with Gasteiger partial charge in [0.05, 0.1) is 0 Å². The van der Waals surface area contributed by atoms with Crippen molar-refractivity contribution < 1.29 is 14.3 Å². The summed E-state index contributed by atoms with van der Waals surface area (Å²) in [6, 6.07) is 22.2. The molecular formula is C29H24O3. The van der Waals surface area contributed by atoms with Gasteiger partial charge in [0.15, 0.2) is 0 Å². The fourth-order valence-corrected chi connectivity index (χ4v) is 4.33. The van der Waals surface area contributed by atoms with E-state index in [-0.39, 0.29) is 0 Å². The van der Waals surface area contributed by atoms with Gasteiger partial charge in [0.2, 0.25) is 11.6 Å². The number of unbranched alkanes of at least 4 members (excludes halogenated alkanes) is 2. The van der Waals surface area contributed by atoms with Gasteiger partial charge in [-0.1, -0.05) is 62.2 Å². The van der Waals surface area contributed by atoms with E-state index in [1.165, 1.54) is 30.9 Å². The fourth-order valence-electron chi connectivity index (χ4n) is 4.33. The molecule has 32 heavy (non-hydrogen) atoms. The molecule has 4 aromatic rings. The first kappa shape index (κ1) is 20.2. The summed E-state index contributed by atoms with van der Waals surface area (Å²) in [5, 5.41) is 3.83. The van der Waals surface area contributed by atoms with Crippen molar-refractivity contribution in [1.82, 2.24) is 0 Å². The molecule has 158 valence electrons. The number of allylic oxidation sites excluding steroid dienone is 1. The Balaban J connectivity index is 1.60. The summed E-state index contributed by atoms with van der Waals surface area (Å²) in [7, 11) is 0. The molecule has 1 aliphatic carbocycles. The Kier molecular flexibility index (Phi) is 5.32. The predicted octanol–water partition coefficient (Wildman–Crippen LogP) is 7.30. The summed E-state index contributed by atoms with van der Waals surface area (Å²) >= 11 is 0. The second kappa shape index (κ2) is 8.43. The Bertz CT molecular complexity index is 1380. The molecular weight excluding hydrogens is 396 g/mol. The van der Waals surface area contributed by atoms with Crippen molar-refractivity contribution >= 4 is 39.2 Å². The highest BCUT2D eigenvalue weighted by molar-refractivity contribution is 6.50. The van der Waals surface area contributed by atoms with Crippen LogP contribution in [0, 0.1) is 0 Å². The number of benzene rings is 4. The fraction of sp³-hybridized carbons (Fsp3) is 0.172. The lowest BCUT2D eigenvalue weighted by Crippen LogP contribution is -2.16. The molecule has 0 aromatic heterocycles. The number of rotatable bonds is 6. The number of carbonyl (C=O) groups excluding carboxylic acids is 2. The Labute approximate surface area is 187 Å². The molecule has 3 nitrogen and oxygen atoms in total. The molecule has 0 atom stereocenters. The summed E-state index contributed by atoms with van der Waals surface area (Å²) in [4.78, 5) is 24.3. The lowest BCUT2D eigenvalue weighted by atomic mass is 9.91. The molecule has 0 unspecified atom stereocenters. The van der Waals surface area contributed by atoms with Crippen LogP contribution in [-0.4, -0.2) is 11.6 Å². The average Bonchev–Trinajstić information content (AvgIpc) is 2.82. The first-order valence-corrected chi connectivity index (χ1v) is 11.2. The van der Waals surface area contributed by atoms with E-state index in [0.29, 0.717) is 5.56 Å². The van der Waals surface area contributed by atoms with Crippen LogP contribution >= 0.6 is 0 Å². The molecule has 4 aromatic carbocycles. The molecule has 5 rings (SSSR count). The van der Waals surface area contributed by atoms with Crippen molar-refractivity contribution in [2.24, 2.45) is 0 Å². The molecule has 0 spiro atoms. The molecule has 0 radical (unpaired) electrons. The number of carbonyl (C=O) groups is 2. The van der Waals surface area contributed by atoms with E-state index in [4.69, 9.17) is 4.74 Å². The summed E-state index contributed by atoms with van der Waals surface area (Å²) < 4.78 is 6.45. The molecule has 0 saturated carbocycles. The van der Waals surface area contributed by atoms with Gasteiger partial charge in [-0.3, -0.25) is 9.59 Å². The highest BCUT2D eigenvalue weighted by Crippen LogP contribution is 2.39. The predicted molar refractivity (Wildman–Crippen MR) is 130 cm³/mol. The van der Waals surface area contributed by atoms with Gasteiger partial charge in [0, 0.05) is 16.3 Å². The van der Waals surface area contributed by atoms with Gasteiger partial charge in [0.25, 0.3) is 0 Å². The number of Topliss-reactive ketones (excluding diaryl/α,β-unsaturated/α-hetero) is 1. The Morgan fingerprint density at radius 2 is 1.59 bits per heavy atom. The van der Waals surface area contributed by atoms with Gasteiger partial charge in [-0.15, -0.1) is 0 Å². The van der Waals surface area contributed by atoms with Crippen molar-refractivity contribution in [3.63, 3.8) is 0 Å². The van der Waals surface area contributed by atoms with Crippen molar-refractivity contribution in [2.75, 3.05) is 0 Å². The van der Waals surface area contributed by atoms with Crippen LogP contribution in [0.5, 0.6) is 11.5 Å². The molecule has 0 N–H and O–H groups in total. The monoisotopic (exact) mass is 420 g/mol. The van der Waals surface area contributed by atoms with Crippen molar-refractivity contribution in [3.05, 3.63) is 89.5 Å². The topological polar surface area (TPSA) is 43.4 Å². The maximum atomic E-state index is 12.4. The maximum absolute atomic E-state index is 12.4. The third kappa shape index (κ3) is 3.71. The van der Waals surface area contributed by atoms with Crippen LogP contribution in [0.2, 0.25) is 0 Å². The first-order chi connectivity index (χ1) is 15.6. The lowest BCUT2D eigenvalue weighted by Gasteiger charge is -2.16. The second-order valence-corrected chi connectivity index (χ2v) is 8.32. The summed E-state index contributed by atoms with van der Waals surface area (Å²) in [5.41, 5.74) is 2.51. The smallest absolute Gasteiger partial charge is 0.233 e. The molecule has 0 amide bonds. The first-order valence-electron chi connectivity index (χ1n) is 11.2. The van der Waals surface area contributed by atoms with Crippen LogP contribution in [-0.2, 0) is 11.2 Å². The molecule has 0 bridgehead atoms. The summed E-state index contributed by atoms with van der Waals surface area (Å²) in [6.45, 7) is 2.21. The molecule has 3 heteroatoms. The molecule has 0 heterocycles. The third-order valence-corrected chi connectivity index (χ3v) is 6.08. The van der Waals surface area contributed by atoms with E-state index >= 15 is 0 Å². The Morgan fingerprint density at radius 1 is 0.781 bits per heavy atom. The van der Waals surface area contributed by atoms with Gasteiger partial charge in [-0.25, -0.2) is 0 Å². The summed E-state index contributed by atoms with van der Waals surface area (Å²) in [5.74, 6) is 0.602.